The van der Waals surface area contributed by atoms with Gasteiger partial charge in [0.1, 0.15) is 4.60 Å². The summed E-state index contributed by atoms with van der Waals surface area (Å²) in [4.78, 5) is 16.2. The normalized spacial score (nSPS) is 10.4. The highest BCUT2D eigenvalue weighted by atomic mass is 79.9. The third-order valence-corrected chi connectivity index (χ3v) is 4.24. The molecule has 2 aromatic rings. The van der Waals surface area contributed by atoms with E-state index in [-0.39, 0.29) is 21.6 Å². The minimum atomic E-state index is -0.334. The summed E-state index contributed by atoms with van der Waals surface area (Å²) in [5.74, 6) is -0.334. The van der Waals surface area contributed by atoms with Crippen molar-refractivity contribution >= 4 is 56.4 Å². The fraction of sp³-hybridized carbons (Fsp3) is 0.0769. The number of hydrogen-bond donors (Lipinski definition) is 2. The van der Waals surface area contributed by atoms with Crippen LogP contribution in [0.4, 0.5) is 11.4 Å². The second-order valence-corrected chi connectivity index (χ2v) is 5.68. The van der Waals surface area contributed by atoms with Gasteiger partial charge in [-0.3, -0.25) is 4.79 Å². The van der Waals surface area contributed by atoms with E-state index in [2.05, 4.69) is 26.2 Å². The molecule has 1 aromatic carbocycles. The van der Waals surface area contributed by atoms with Crippen LogP contribution in [0.1, 0.15) is 15.9 Å². The number of halogens is 3. The molecule has 0 saturated carbocycles. The Morgan fingerprint density at radius 2 is 2.05 bits per heavy atom. The molecule has 0 aliphatic carbocycles. The van der Waals surface area contributed by atoms with Crippen LogP contribution in [0, 0.1) is 6.92 Å². The summed E-state index contributed by atoms with van der Waals surface area (Å²) < 4.78 is 0.731. The molecule has 1 aromatic heterocycles. The first-order valence-electron chi connectivity index (χ1n) is 5.56. The zero-order valence-electron chi connectivity index (χ0n) is 10.4. The molecule has 0 bridgehead atoms. The van der Waals surface area contributed by atoms with Gasteiger partial charge in [0.25, 0.3) is 5.91 Å². The second-order valence-electron chi connectivity index (χ2n) is 4.15. The highest BCUT2D eigenvalue weighted by Crippen LogP contribution is 2.29. The monoisotopic (exact) mass is 373 g/mol. The maximum absolute atomic E-state index is 12.1. The molecule has 1 amide bonds. The quantitative estimate of drug-likeness (QED) is 0.608. The third kappa shape index (κ3) is 3.23. The van der Waals surface area contributed by atoms with Crippen LogP contribution >= 0.6 is 39.1 Å². The Hall–Kier alpha value is -1.30. The molecule has 0 spiro atoms. The first-order chi connectivity index (χ1) is 9.38. The van der Waals surface area contributed by atoms with Gasteiger partial charge in [-0.2, -0.15) is 0 Å². The molecule has 7 heteroatoms. The van der Waals surface area contributed by atoms with Gasteiger partial charge in [-0.15, -0.1) is 0 Å². The first-order valence-corrected chi connectivity index (χ1v) is 7.11. The summed E-state index contributed by atoms with van der Waals surface area (Å²) in [5.41, 5.74) is 7.77. The number of nitrogens with one attached hydrogen (secondary N) is 1. The maximum Gasteiger partial charge on any atom is 0.255 e. The Morgan fingerprint density at radius 1 is 1.35 bits per heavy atom. The fourth-order valence-electron chi connectivity index (χ4n) is 1.57. The zero-order chi connectivity index (χ0) is 14.9. The van der Waals surface area contributed by atoms with Crippen LogP contribution in [0.5, 0.6) is 0 Å². The molecule has 0 radical (unpaired) electrons. The molecule has 0 aliphatic heterocycles. The van der Waals surface area contributed by atoms with Crippen molar-refractivity contribution in [2.24, 2.45) is 0 Å². The highest BCUT2D eigenvalue weighted by molar-refractivity contribution is 9.10. The van der Waals surface area contributed by atoms with Crippen molar-refractivity contribution in [2.45, 2.75) is 6.92 Å². The number of amides is 1. The van der Waals surface area contributed by atoms with Crippen LogP contribution in [0.25, 0.3) is 0 Å². The van der Waals surface area contributed by atoms with Gasteiger partial charge in [0.05, 0.1) is 27.6 Å². The van der Waals surface area contributed by atoms with Gasteiger partial charge in [0, 0.05) is 5.56 Å². The Labute approximate surface area is 134 Å². The number of nitrogens with two attached hydrogens (primary N) is 1. The topological polar surface area (TPSA) is 68.0 Å². The average molecular weight is 375 g/mol. The van der Waals surface area contributed by atoms with Gasteiger partial charge >= 0.3 is 0 Å². The Morgan fingerprint density at radius 3 is 2.65 bits per heavy atom. The number of hydrogen-bond acceptors (Lipinski definition) is 3. The van der Waals surface area contributed by atoms with Gasteiger partial charge in [0.2, 0.25) is 0 Å². The number of aromatic nitrogens is 1. The van der Waals surface area contributed by atoms with E-state index in [9.17, 15) is 4.79 Å². The van der Waals surface area contributed by atoms with E-state index in [1.807, 2.05) is 6.92 Å². The Kier molecular flexibility index (Phi) is 4.52. The number of carbonyl (C=O) groups excluding carboxylic acids is 1. The van der Waals surface area contributed by atoms with E-state index in [0.29, 0.717) is 11.3 Å². The van der Waals surface area contributed by atoms with Crippen molar-refractivity contribution in [3.05, 3.63) is 50.2 Å². The highest BCUT2D eigenvalue weighted by Gasteiger charge is 2.12. The van der Waals surface area contributed by atoms with Crippen molar-refractivity contribution in [3.8, 4) is 0 Å². The fourth-order valence-corrected chi connectivity index (χ4v) is 2.12. The number of nitrogens with zero attached hydrogens (tertiary/aromatic N) is 1. The van der Waals surface area contributed by atoms with E-state index in [1.165, 1.54) is 12.1 Å². The van der Waals surface area contributed by atoms with Crippen molar-refractivity contribution in [2.75, 3.05) is 11.1 Å². The van der Waals surface area contributed by atoms with E-state index in [1.54, 1.807) is 12.3 Å². The van der Waals surface area contributed by atoms with Crippen molar-refractivity contribution in [1.82, 2.24) is 4.98 Å². The van der Waals surface area contributed by atoms with Crippen LogP contribution in [-0.4, -0.2) is 10.9 Å². The number of nitrogen functional groups attached to an aromatic ring is 1. The minimum Gasteiger partial charge on any atom is -0.397 e. The smallest absolute Gasteiger partial charge is 0.255 e. The van der Waals surface area contributed by atoms with Crippen LogP contribution in [0.2, 0.25) is 10.0 Å². The number of benzene rings is 1. The largest absolute Gasteiger partial charge is 0.397 e. The maximum atomic E-state index is 12.1. The zero-order valence-corrected chi connectivity index (χ0v) is 13.5. The number of anilines is 2. The second kappa shape index (κ2) is 5.99. The molecular formula is C13H10BrCl2N3O. The average Bonchev–Trinajstić information content (AvgIpc) is 2.39. The molecule has 1 heterocycles. The Bertz CT molecular complexity index is 668. The van der Waals surface area contributed by atoms with Crippen molar-refractivity contribution in [3.63, 3.8) is 0 Å². The molecule has 3 N–H and O–H groups in total. The van der Waals surface area contributed by atoms with E-state index in [0.717, 1.165) is 10.2 Å². The lowest BCUT2D eigenvalue weighted by atomic mass is 10.2. The summed E-state index contributed by atoms with van der Waals surface area (Å²) >= 11 is 15.0. The number of carbonyl (C=O) groups is 1. The van der Waals surface area contributed by atoms with Gasteiger partial charge in [-0.25, -0.2) is 4.98 Å². The van der Waals surface area contributed by atoms with Crippen molar-refractivity contribution in [1.29, 1.82) is 0 Å². The minimum absolute atomic E-state index is 0.238. The summed E-state index contributed by atoms with van der Waals surface area (Å²) in [6, 6.07) is 4.74. The molecule has 20 heavy (non-hydrogen) atoms. The molecule has 2 rings (SSSR count). The van der Waals surface area contributed by atoms with Gasteiger partial charge < -0.3 is 11.1 Å². The van der Waals surface area contributed by atoms with Crippen LogP contribution in [0.3, 0.4) is 0 Å². The van der Waals surface area contributed by atoms with Gasteiger partial charge in [0.15, 0.2) is 0 Å². The summed E-state index contributed by atoms with van der Waals surface area (Å²) in [6.07, 6.45) is 1.55. The summed E-state index contributed by atoms with van der Waals surface area (Å²) in [5, 5.41) is 3.20. The molecule has 0 saturated heterocycles. The standard InChI is InChI=1S/C13H10BrCl2N3O/c1-6-2-8(5-18-12(6)14)19-13(20)7-3-9(15)11(16)10(17)4-7/h2-5H,17H2,1H3,(H,19,20). The van der Waals surface area contributed by atoms with E-state index < -0.39 is 0 Å². The van der Waals surface area contributed by atoms with E-state index in [4.69, 9.17) is 28.9 Å². The van der Waals surface area contributed by atoms with Crippen LogP contribution < -0.4 is 11.1 Å². The van der Waals surface area contributed by atoms with Gasteiger partial charge in [-0.05, 0) is 46.6 Å². The molecule has 0 fully saturated rings. The molecule has 0 unspecified atom stereocenters. The summed E-state index contributed by atoms with van der Waals surface area (Å²) in [7, 11) is 0. The number of aryl methyl sites for hydroxylation is 1. The van der Waals surface area contributed by atoms with Crippen LogP contribution in [-0.2, 0) is 0 Å². The first kappa shape index (κ1) is 15.1. The third-order valence-electron chi connectivity index (χ3n) is 2.59. The number of rotatable bonds is 2. The van der Waals surface area contributed by atoms with Crippen molar-refractivity contribution < 1.29 is 4.79 Å². The molecule has 0 atom stereocenters. The lowest BCUT2D eigenvalue weighted by molar-refractivity contribution is 0.102. The number of pyridine rings is 1. The lowest BCUT2D eigenvalue weighted by Crippen LogP contribution is -2.12. The molecular weight excluding hydrogens is 365 g/mol. The summed E-state index contributed by atoms with van der Waals surface area (Å²) in [6.45, 7) is 1.88. The van der Waals surface area contributed by atoms with Gasteiger partial charge in [-0.1, -0.05) is 23.2 Å². The predicted octanol–water partition coefficient (Wildman–Crippen LogP) is 4.29. The molecule has 4 nitrogen and oxygen atoms in total. The lowest BCUT2D eigenvalue weighted by Gasteiger charge is -2.08. The molecule has 104 valence electrons. The Balaban J connectivity index is 2.26. The SMILES string of the molecule is Cc1cc(NC(=O)c2cc(N)c(Cl)c(Cl)c2)cnc1Br. The predicted molar refractivity (Wildman–Crippen MR) is 85.5 cm³/mol. The van der Waals surface area contributed by atoms with E-state index >= 15 is 0 Å². The molecule has 0 aliphatic rings. The van der Waals surface area contributed by atoms with Crippen LogP contribution in [0.15, 0.2) is 29.0 Å².